The van der Waals surface area contributed by atoms with E-state index in [2.05, 4.69) is 4.98 Å². The molecule has 0 radical (unpaired) electrons. The first-order valence-electron chi connectivity index (χ1n) is 5.10. The number of halogens is 4. The van der Waals surface area contributed by atoms with Gasteiger partial charge in [-0.2, -0.15) is 13.8 Å². The Morgan fingerprint density at radius 3 is 2.45 bits per heavy atom. The van der Waals surface area contributed by atoms with Crippen molar-refractivity contribution in [2.45, 2.75) is 4.90 Å². The minimum absolute atomic E-state index is 0.0345. The van der Waals surface area contributed by atoms with Gasteiger partial charge in [0, 0.05) is 0 Å². The lowest BCUT2D eigenvalue weighted by Crippen LogP contribution is -2.15. The topological polar surface area (TPSA) is 59.1 Å². The maximum absolute atomic E-state index is 13.3. The summed E-state index contributed by atoms with van der Waals surface area (Å²) in [5.41, 5.74) is -0.498. The van der Waals surface area contributed by atoms with Crippen LogP contribution < -0.4 is 4.72 Å². The first-order valence-corrected chi connectivity index (χ1v) is 7.34. The van der Waals surface area contributed by atoms with E-state index < -0.39 is 27.6 Å². The Balaban J connectivity index is 2.44. The van der Waals surface area contributed by atoms with Gasteiger partial charge in [0.2, 0.25) is 11.9 Å². The van der Waals surface area contributed by atoms with Gasteiger partial charge in [-0.25, -0.2) is 8.42 Å². The van der Waals surface area contributed by atoms with Gasteiger partial charge in [0.15, 0.2) is 0 Å². The molecule has 0 aliphatic rings. The number of nitrogens with one attached hydrogen (secondary N) is 1. The molecule has 0 fully saturated rings. The number of benzene rings is 1. The molecule has 0 atom stereocenters. The van der Waals surface area contributed by atoms with E-state index in [0.717, 1.165) is 12.1 Å². The minimum Gasteiger partial charge on any atom is -0.275 e. The molecule has 0 aliphatic heterocycles. The molecule has 0 unspecified atom stereocenters. The summed E-state index contributed by atoms with van der Waals surface area (Å²) in [7, 11) is -4.17. The number of sulfonamides is 1. The largest absolute Gasteiger partial charge is 0.275 e. The molecule has 2 aromatic rings. The molecule has 1 aromatic heterocycles. The molecule has 0 saturated heterocycles. The van der Waals surface area contributed by atoms with Crippen molar-refractivity contribution in [3.05, 3.63) is 52.3 Å². The lowest BCUT2D eigenvalue weighted by molar-refractivity contribution is 0.515. The summed E-state index contributed by atoms with van der Waals surface area (Å²) in [5.74, 6) is -2.35. The van der Waals surface area contributed by atoms with Crippen LogP contribution in [0.5, 0.6) is 0 Å². The molecule has 106 valence electrons. The van der Waals surface area contributed by atoms with Crippen LogP contribution in [0.1, 0.15) is 0 Å². The van der Waals surface area contributed by atoms with Crippen molar-refractivity contribution in [1.29, 1.82) is 0 Å². The Kier molecular flexibility index (Phi) is 4.12. The number of aromatic nitrogens is 1. The van der Waals surface area contributed by atoms with Gasteiger partial charge in [-0.15, -0.1) is 0 Å². The summed E-state index contributed by atoms with van der Waals surface area (Å²) in [6.45, 7) is 0. The summed E-state index contributed by atoms with van der Waals surface area (Å²) in [6, 6.07) is 5.71. The third-order valence-electron chi connectivity index (χ3n) is 2.26. The van der Waals surface area contributed by atoms with Crippen LogP contribution in [0.15, 0.2) is 35.2 Å². The van der Waals surface area contributed by atoms with Crippen molar-refractivity contribution in [2.24, 2.45) is 0 Å². The monoisotopic (exact) mass is 338 g/mol. The molecule has 20 heavy (non-hydrogen) atoms. The Hall–Kier alpha value is -1.44. The van der Waals surface area contributed by atoms with Gasteiger partial charge in [0.05, 0.1) is 10.0 Å². The zero-order valence-electron chi connectivity index (χ0n) is 9.57. The lowest BCUT2D eigenvalue weighted by atomic mass is 10.4. The van der Waals surface area contributed by atoms with E-state index in [1.165, 1.54) is 18.2 Å². The van der Waals surface area contributed by atoms with Crippen molar-refractivity contribution in [3.8, 4) is 0 Å². The number of rotatable bonds is 3. The van der Waals surface area contributed by atoms with E-state index in [-0.39, 0.29) is 14.9 Å². The standard InChI is InChI=1S/C11H6Cl2F2N2O2S/c12-6-2-1-3-8(10(6)13)20(18,19)17-7-4-5-9(14)16-11(7)15/h1-5,17H. The molecule has 0 saturated carbocycles. The predicted octanol–water partition coefficient (Wildman–Crippen LogP) is 3.47. The predicted molar refractivity (Wildman–Crippen MR) is 71.4 cm³/mol. The van der Waals surface area contributed by atoms with E-state index in [1.54, 1.807) is 0 Å². The van der Waals surface area contributed by atoms with Crippen LogP contribution >= 0.6 is 23.2 Å². The van der Waals surface area contributed by atoms with E-state index >= 15 is 0 Å². The highest BCUT2D eigenvalue weighted by atomic mass is 35.5. The van der Waals surface area contributed by atoms with Crippen LogP contribution in [-0.2, 0) is 10.0 Å². The van der Waals surface area contributed by atoms with Crippen LogP contribution in [0.25, 0.3) is 0 Å². The maximum Gasteiger partial charge on any atom is 0.263 e. The number of hydrogen-bond acceptors (Lipinski definition) is 3. The molecule has 0 aliphatic carbocycles. The maximum atomic E-state index is 13.3. The summed E-state index contributed by atoms with van der Waals surface area (Å²) in [5, 5.41) is -0.163. The van der Waals surface area contributed by atoms with Crippen LogP contribution in [0, 0.1) is 11.9 Å². The molecule has 1 aromatic carbocycles. The molecular formula is C11H6Cl2F2N2O2S. The van der Waals surface area contributed by atoms with Crippen molar-refractivity contribution < 1.29 is 17.2 Å². The molecule has 0 bridgehead atoms. The van der Waals surface area contributed by atoms with Crippen LogP contribution in [-0.4, -0.2) is 13.4 Å². The molecule has 9 heteroatoms. The quantitative estimate of drug-likeness (QED) is 0.871. The Labute approximate surface area is 123 Å². The second-order valence-corrected chi connectivity index (χ2v) is 6.07. The highest BCUT2D eigenvalue weighted by Gasteiger charge is 2.21. The fourth-order valence-corrected chi connectivity index (χ4v) is 3.20. The smallest absolute Gasteiger partial charge is 0.263 e. The van der Waals surface area contributed by atoms with Gasteiger partial charge in [-0.3, -0.25) is 4.72 Å². The number of hydrogen-bond donors (Lipinski definition) is 1. The van der Waals surface area contributed by atoms with E-state index in [1.807, 2.05) is 4.72 Å². The zero-order chi connectivity index (χ0) is 14.9. The Morgan fingerprint density at radius 2 is 1.80 bits per heavy atom. The average Bonchev–Trinajstić information content (AvgIpc) is 2.36. The average molecular weight is 339 g/mol. The van der Waals surface area contributed by atoms with Gasteiger partial charge in [0.1, 0.15) is 10.6 Å². The summed E-state index contributed by atoms with van der Waals surface area (Å²) >= 11 is 11.5. The summed E-state index contributed by atoms with van der Waals surface area (Å²) in [6.07, 6.45) is 0. The van der Waals surface area contributed by atoms with Gasteiger partial charge in [-0.05, 0) is 24.3 Å². The molecular weight excluding hydrogens is 333 g/mol. The first-order chi connectivity index (χ1) is 9.31. The molecule has 1 heterocycles. The third-order valence-corrected chi connectivity index (χ3v) is 4.60. The molecule has 2 rings (SSSR count). The van der Waals surface area contributed by atoms with Gasteiger partial charge in [0.25, 0.3) is 10.0 Å². The second kappa shape index (κ2) is 5.51. The van der Waals surface area contributed by atoms with Gasteiger partial charge in [-0.1, -0.05) is 29.3 Å². The molecule has 0 amide bonds. The van der Waals surface area contributed by atoms with Crippen molar-refractivity contribution in [2.75, 3.05) is 4.72 Å². The molecule has 1 N–H and O–H groups in total. The second-order valence-electron chi connectivity index (χ2n) is 3.63. The van der Waals surface area contributed by atoms with Crippen molar-refractivity contribution in [3.63, 3.8) is 0 Å². The number of anilines is 1. The van der Waals surface area contributed by atoms with Crippen LogP contribution in [0.3, 0.4) is 0 Å². The van der Waals surface area contributed by atoms with Crippen molar-refractivity contribution >= 4 is 38.9 Å². The van der Waals surface area contributed by atoms with Gasteiger partial charge >= 0.3 is 0 Å². The van der Waals surface area contributed by atoms with E-state index in [4.69, 9.17) is 23.2 Å². The van der Waals surface area contributed by atoms with E-state index in [9.17, 15) is 17.2 Å². The summed E-state index contributed by atoms with van der Waals surface area (Å²) in [4.78, 5) is 2.55. The zero-order valence-corrected chi connectivity index (χ0v) is 11.9. The van der Waals surface area contributed by atoms with Crippen LogP contribution in [0.2, 0.25) is 10.0 Å². The Bertz CT molecular complexity index is 769. The molecule has 4 nitrogen and oxygen atoms in total. The first kappa shape index (κ1) is 15.0. The highest BCUT2D eigenvalue weighted by Crippen LogP contribution is 2.30. The fourth-order valence-electron chi connectivity index (χ4n) is 1.38. The number of nitrogens with zero attached hydrogens (tertiary/aromatic N) is 1. The third kappa shape index (κ3) is 3.00. The fraction of sp³-hybridized carbons (Fsp3) is 0. The lowest BCUT2D eigenvalue weighted by Gasteiger charge is -2.10. The van der Waals surface area contributed by atoms with Gasteiger partial charge < -0.3 is 0 Å². The molecule has 0 spiro atoms. The van der Waals surface area contributed by atoms with Crippen LogP contribution in [0.4, 0.5) is 14.5 Å². The highest BCUT2D eigenvalue weighted by molar-refractivity contribution is 7.92. The minimum atomic E-state index is -4.17. The van der Waals surface area contributed by atoms with E-state index in [0.29, 0.717) is 0 Å². The number of pyridine rings is 1. The summed E-state index contributed by atoms with van der Waals surface area (Å²) < 4.78 is 52.1. The van der Waals surface area contributed by atoms with Crippen molar-refractivity contribution in [1.82, 2.24) is 4.98 Å². The Morgan fingerprint density at radius 1 is 1.10 bits per heavy atom. The SMILES string of the molecule is O=S(=O)(Nc1ccc(F)nc1F)c1cccc(Cl)c1Cl. The normalized spacial score (nSPS) is 11.4.